The molecule has 52 heavy (non-hydrogen) atoms. The zero-order valence-corrected chi connectivity index (χ0v) is 34.2. The highest BCUT2D eigenvalue weighted by atomic mass is 16.1. The van der Waals surface area contributed by atoms with Gasteiger partial charge < -0.3 is 4.90 Å². The van der Waals surface area contributed by atoms with Crippen molar-refractivity contribution in [3.05, 3.63) is 109 Å². The number of pyridine rings is 1. The molecule has 1 aromatic heterocycles. The van der Waals surface area contributed by atoms with Crippen LogP contribution in [0.15, 0.2) is 102 Å². The number of hydrogen-bond donors (Lipinski definition) is 0. The van der Waals surface area contributed by atoms with Crippen molar-refractivity contribution >= 4 is 39.8 Å². The lowest BCUT2D eigenvalue weighted by Crippen LogP contribution is -2.32. The van der Waals surface area contributed by atoms with Gasteiger partial charge in [0.05, 0.1) is 5.52 Å². The van der Waals surface area contributed by atoms with E-state index in [4.69, 9.17) is 4.99 Å². The quantitative estimate of drug-likeness (QED) is 0.0802. The molecule has 4 rings (SSSR count). The van der Waals surface area contributed by atoms with Crippen LogP contribution in [0.5, 0.6) is 0 Å². The number of carbonyl (C=O) groups is 1. The smallest absolute Gasteiger partial charge is 0.133 e. The number of likely N-dealkylation sites (tertiary alicyclic amines) is 1. The number of nitrogens with zero attached hydrogens (tertiary/aromatic N) is 4. The molecule has 1 spiro atoms. The summed E-state index contributed by atoms with van der Waals surface area (Å²) in [4.78, 5) is 27.3. The van der Waals surface area contributed by atoms with Gasteiger partial charge in [0.2, 0.25) is 0 Å². The molecule has 2 aromatic rings. The van der Waals surface area contributed by atoms with Gasteiger partial charge in [-0.05, 0) is 139 Å². The number of rotatable bonds is 15. The van der Waals surface area contributed by atoms with Crippen LogP contribution in [0.2, 0.25) is 0 Å². The van der Waals surface area contributed by atoms with Crippen LogP contribution >= 0.6 is 0 Å². The molecule has 1 saturated carbocycles. The molecule has 0 bridgehead atoms. The Kier molecular flexibility index (Phi) is 22.0. The fraction of sp³-hybridized carbons (Fsp3) is 0.468. The minimum atomic E-state index is 0. The fourth-order valence-electron chi connectivity index (χ4n) is 6.45. The van der Waals surface area contributed by atoms with Gasteiger partial charge in [0, 0.05) is 47.8 Å². The average Bonchev–Trinajstić information content (AvgIpc) is 3.88. The number of fused-ring (bicyclic) bond motifs is 1. The minimum Gasteiger partial charge on any atom is -0.306 e. The molecule has 0 N–H and O–H groups in total. The second-order valence-corrected chi connectivity index (χ2v) is 13.3. The Bertz CT molecular complexity index is 1650. The molecule has 284 valence electrons. The molecule has 0 radical (unpaired) electrons. The number of unbranched alkanes of at least 4 members (excludes halogenated alkanes) is 3. The summed E-state index contributed by atoms with van der Waals surface area (Å²) in [7, 11) is 2.16. The molecule has 0 unspecified atom stereocenters. The van der Waals surface area contributed by atoms with E-state index in [-0.39, 0.29) is 1.43 Å². The van der Waals surface area contributed by atoms with E-state index < -0.39 is 0 Å². The third kappa shape index (κ3) is 14.8. The minimum absolute atomic E-state index is 0. The first-order valence-electron chi connectivity index (χ1n) is 19.4. The van der Waals surface area contributed by atoms with Crippen molar-refractivity contribution in [2.24, 2.45) is 21.3 Å². The molecule has 1 aromatic carbocycles. The lowest BCUT2D eigenvalue weighted by Gasteiger charge is -2.29. The molecule has 1 aliphatic heterocycles. The second-order valence-electron chi connectivity index (χ2n) is 13.3. The number of benzene rings is 1. The SMILES string of the molecule is C=C=C(CCCCCCC(C)=N/C=C(\C=C)c1cc2ccc(C)nc2cc1C=C)C(C)=N/C=C\C=C.CC.CC.CC(=O)[C@H]1CC12CCN(C)CC2.[HH]. The van der Waals surface area contributed by atoms with Gasteiger partial charge in [0.1, 0.15) is 5.78 Å². The van der Waals surface area contributed by atoms with Crippen LogP contribution in [0, 0.1) is 18.3 Å². The number of Topliss-reactive ketones (excluding diaryl/α,β-unsaturated/α-hetero) is 1. The van der Waals surface area contributed by atoms with E-state index in [2.05, 4.69) is 79.1 Å². The molecule has 2 heterocycles. The molecule has 1 aliphatic carbocycles. The fourth-order valence-corrected chi connectivity index (χ4v) is 6.45. The van der Waals surface area contributed by atoms with Crippen molar-refractivity contribution in [3.8, 4) is 0 Å². The van der Waals surface area contributed by atoms with Gasteiger partial charge in [0.25, 0.3) is 0 Å². The summed E-state index contributed by atoms with van der Waals surface area (Å²) < 4.78 is 0. The van der Waals surface area contributed by atoms with E-state index in [1.165, 1.54) is 38.8 Å². The van der Waals surface area contributed by atoms with Gasteiger partial charge in [-0.15, -0.1) is 5.73 Å². The van der Waals surface area contributed by atoms with Crippen LogP contribution in [-0.4, -0.2) is 47.2 Å². The van der Waals surface area contributed by atoms with Gasteiger partial charge in [-0.3, -0.25) is 19.8 Å². The normalized spacial score (nSPS) is 16.7. The highest BCUT2D eigenvalue weighted by Gasteiger charge is 2.56. The Labute approximate surface area is 319 Å². The van der Waals surface area contributed by atoms with Crippen LogP contribution in [-0.2, 0) is 4.79 Å². The van der Waals surface area contributed by atoms with Crippen molar-refractivity contribution < 1.29 is 6.22 Å². The largest absolute Gasteiger partial charge is 0.306 e. The van der Waals surface area contributed by atoms with Gasteiger partial charge in [0.15, 0.2) is 0 Å². The van der Waals surface area contributed by atoms with E-state index in [1.807, 2.05) is 72.0 Å². The van der Waals surface area contributed by atoms with Crippen LogP contribution < -0.4 is 0 Å². The maximum absolute atomic E-state index is 11.1. The van der Waals surface area contributed by atoms with Crippen LogP contribution in [0.4, 0.5) is 0 Å². The average molecular weight is 707 g/mol. The molecule has 1 atom stereocenters. The molecule has 2 fully saturated rings. The Balaban J connectivity index is 0.00000132. The van der Waals surface area contributed by atoms with E-state index in [9.17, 15) is 4.79 Å². The zero-order chi connectivity index (χ0) is 39.1. The molecule has 2 aliphatic rings. The summed E-state index contributed by atoms with van der Waals surface area (Å²) in [6, 6.07) is 8.36. The van der Waals surface area contributed by atoms with Gasteiger partial charge >= 0.3 is 0 Å². The standard InChI is InChI=1S/C33H39N3.C10H17NO.2C2H6.H2/c1-8-12-21-34-27(7)28(9-2)18-16-14-13-15-17-25(5)35-24-30(11-4)32-22-31-20-19-26(6)36-33(31)23-29(32)10-3;1-8(12)9-7-10(9)3-5-11(2)6-4-10;2*1-2;/h8,10-12,19-24H,1-4,13-18H2,5-7H3;9H,3-7H2,1-2H3;2*1-2H3;1H/b21-12-,30-24+,34-27?,35-25?;;;;/t;9-;;;/m.1.../s1. The Hall–Kier alpha value is -4.18. The number of hydrogen-bond acceptors (Lipinski definition) is 5. The highest BCUT2D eigenvalue weighted by Crippen LogP contribution is 2.59. The number of allylic oxidation sites excluding steroid dienone is 5. The predicted molar refractivity (Wildman–Crippen MR) is 233 cm³/mol. The van der Waals surface area contributed by atoms with Crippen molar-refractivity contribution in [2.45, 2.75) is 113 Å². The van der Waals surface area contributed by atoms with E-state index in [1.54, 1.807) is 19.2 Å². The number of aryl methyl sites for hydroxylation is 1. The maximum Gasteiger partial charge on any atom is 0.133 e. The Morgan fingerprint density at radius 2 is 1.65 bits per heavy atom. The third-order valence-corrected chi connectivity index (χ3v) is 9.69. The maximum atomic E-state index is 11.1. The number of ketones is 1. The summed E-state index contributed by atoms with van der Waals surface area (Å²) in [5.74, 6) is 0.839. The highest BCUT2D eigenvalue weighted by molar-refractivity contribution is 5.98. The first-order valence-corrected chi connectivity index (χ1v) is 19.4. The van der Waals surface area contributed by atoms with E-state index >= 15 is 0 Å². The predicted octanol–water partition coefficient (Wildman–Crippen LogP) is 13.0. The lowest BCUT2D eigenvalue weighted by atomic mass is 9.90. The van der Waals surface area contributed by atoms with Crippen LogP contribution in [0.3, 0.4) is 0 Å². The van der Waals surface area contributed by atoms with E-state index in [0.29, 0.717) is 17.1 Å². The Morgan fingerprint density at radius 3 is 2.21 bits per heavy atom. The van der Waals surface area contributed by atoms with Crippen LogP contribution in [0.25, 0.3) is 22.6 Å². The van der Waals surface area contributed by atoms with Crippen molar-refractivity contribution in [1.82, 2.24) is 9.88 Å². The number of carbonyl (C=O) groups excluding carboxylic acids is 1. The first kappa shape index (κ1) is 45.8. The van der Waals surface area contributed by atoms with Crippen molar-refractivity contribution in [1.29, 1.82) is 0 Å². The summed E-state index contributed by atoms with van der Waals surface area (Å²) in [5.41, 5.74) is 11.7. The summed E-state index contributed by atoms with van der Waals surface area (Å²) in [6.45, 7) is 33.7. The van der Waals surface area contributed by atoms with E-state index in [0.717, 1.165) is 82.4 Å². The summed E-state index contributed by atoms with van der Waals surface area (Å²) in [5, 5.41) is 1.10. The first-order chi connectivity index (χ1) is 25.1. The summed E-state index contributed by atoms with van der Waals surface area (Å²) in [6.07, 6.45) is 21.1. The van der Waals surface area contributed by atoms with Gasteiger partial charge in [-0.1, -0.05) is 91.1 Å². The number of aromatic nitrogens is 1. The van der Waals surface area contributed by atoms with Gasteiger partial charge in [-0.2, -0.15) is 0 Å². The molecule has 5 heteroatoms. The molecular weight excluding hydrogens is 637 g/mol. The monoisotopic (exact) mass is 707 g/mol. The Morgan fingerprint density at radius 1 is 1.00 bits per heavy atom. The number of aliphatic imine (C=N–C) groups is 2. The molecule has 1 saturated heterocycles. The molecule has 0 amide bonds. The van der Waals surface area contributed by atoms with Crippen LogP contribution in [0.1, 0.15) is 125 Å². The van der Waals surface area contributed by atoms with Crippen molar-refractivity contribution in [2.75, 3.05) is 20.1 Å². The molecule has 5 nitrogen and oxygen atoms in total. The third-order valence-electron chi connectivity index (χ3n) is 9.69. The van der Waals surface area contributed by atoms with Gasteiger partial charge in [-0.25, -0.2) is 0 Å². The lowest BCUT2D eigenvalue weighted by molar-refractivity contribution is -0.119. The topological polar surface area (TPSA) is 57.9 Å². The molecular formula is C47H70N4O. The zero-order valence-electron chi connectivity index (χ0n) is 34.2. The number of piperidine rings is 1. The second kappa shape index (κ2) is 24.9. The summed E-state index contributed by atoms with van der Waals surface area (Å²) >= 11 is 0. The van der Waals surface area contributed by atoms with Crippen molar-refractivity contribution in [3.63, 3.8) is 0 Å².